The molecule has 0 aromatic heterocycles. The van der Waals surface area contributed by atoms with E-state index >= 15 is 0 Å². The third kappa shape index (κ3) is 4.27. The number of rotatable bonds is 5. The van der Waals surface area contributed by atoms with Gasteiger partial charge in [-0.3, -0.25) is 14.5 Å². The molecule has 2 aliphatic rings. The van der Waals surface area contributed by atoms with Crippen molar-refractivity contribution in [3.05, 3.63) is 59.7 Å². The summed E-state index contributed by atoms with van der Waals surface area (Å²) in [7, 11) is 1.60. The molecule has 0 atom stereocenters. The van der Waals surface area contributed by atoms with Crippen LogP contribution in [0.3, 0.4) is 0 Å². The molecule has 0 aliphatic carbocycles. The maximum Gasteiger partial charge on any atom is 0.254 e. The lowest BCUT2D eigenvalue weighted by Crippen LogP contribution is -2.49. The van der Waals surface area contributed by atoms with Crippen LogP contribution in [0.4, 0.5) is 5.69 Å². The number of carbonyl (C=O) groups is 2. The molecule has 0 saturated carbocycles. The molecule has 6 heteroatoms. The summed E-state index contributed by atoms with van der Waals surface area (Å²) in [5.41, 5.74) is 2.97. The van der Waals surface area contributed by atoms with Crippen molar-refractivity contribution in [2.45, 2.75) is 12.8 Å². The Labute approximate surface area is 171 Å². The minimum absolute atomic E-state index is 0.0355. The molecule has 6 nitrogen and oxygen atoms in total. The van der Waals surface area contributed by atoms with E-state index in [2.05, 4.69) is 11.0 Å². The molecule has 0 spiro atoms. The van der Waals surface area contributed by atoms with Crippen LogP contribution in [0.25, 0.3) is 0 Å². The molecule has 4 rings (SSSR count). The Balaban J connectivity index is 1.26. The van der Waals surface area contributed by atoms with E-state index in [0.29, 0.717) is 30.8 Å². The molecular weight excluding hydrogens is 366 g/mol. The Morgan fingerprint density at radius 2 is 1.76 bits per heavy atom. The fourth-order valence-corrected chi connectivity index (χ4v) is 4.10. The number of hydrogen-bond acceptors (Lipinski definition) is 4. The number of methoxy groups -OCH3 is 1. The Morgan fingerprint density at radius 3 is 2.55 bits per heavy atom. The topological polar surface area (TPSA) is 53.1 Å². The first-order valence-corrected chi connectivity index (χ1v) is 10.2. The number of benzene rings is 2. The molecule has 29 heavy (non-hydrogen) atoms. The van der Waals surface area contributed by atoms with Gasteiger partial charge in [-0.15, -0.1) is 0 Å². The lowest BCUT2D eigenvalue weighted by Gasteiger charge is -2.35. The molecule has 0 bridgehead atoms. The van der Waals surface area contributed by atoms with Gasteiger partial charge in [-0.2, -0.15) is 0 Å². The van der Waals surface area contributed by atoms with Crippen molar-refractivity contribution in [3.63, 3.8) is 0 Å². The van der Waals surface area contributed by atoms with Crippen LogP contribution in [0.15, 0.2) is 48.5 Å². The van der Waals surface area contributed by atoms with Gasteiger partial charge >= 0.3 is 0 Å². The highest BCUT2D eigenvalue weighted by Gasteiger charge is 2.26. The monoisotopic (exact) mass is 393 g/mol. The van der Waals surface area contributed by atoms with E-state index in [1.165, 1.54) is 5.56 Å². The summed E-state index contributed by atoms with van der Waals surface area (Å²) in [6.45, 7) is 4.45. The number of amides is 2. The summed E-state index contributed by atoms with van der Waals surface area (Å²) in [6.07, 6.45) is 1.45. The van der Waals surface area contributed by atoms with Crippen LogP contribution in [0, 0.1) is 0 Å². The number of ether oxygens (including phenoxy) is 1. The molecular formula is C23H27N3O3. The van der Waals surface area contributed by atoms with Gasteiger partial charge in [-0.25, -0.2) is 0 Å². The van der Waals surface area contributed by atoms with Gasteiger partial charge in [-0.1, -0.05) is 24.3 Å². The average molecular weight is 393 g/mol. The van der Waals surface area contributed by atoms with Crippen LogP contribution < -0.4 is 9.64 Å². The van der Waals surface area contributed by atoms with Crippen LogP contribution in [0.1, 0.15) is 22.3 Å². The predicted octanol–water partition coefficient (Wildman–Crippen LogP) is 2.43. The quantitative estimate of drug-likeness (QED) is 0.783. The van der Waals surface area contributed by atoms with Gasteiger partial charge < -0.3 is 14.5 Å². The van der Waals surface area contributed by atoms with Crippen molar-refractivity contribution in [2.75, 3.05) is 51.3 Å². The van der Waals surface area contributed by atoms with Crippen LogP contribution in [0.2, 0.25) is 0 Å². The first kappa shape index (κ1) is 19.5. The number of fused-ring (bicyclic) bond motifs is 1. The van der Waals surface area contributed by atoms with E-state index in [1.54, 1.807) is 13.2 Å². The second-order valence-corrected chi connectivity index (χ2v) is 7.54. The van der Waals surface area contributed by atoms with Gasteiger partial charge in [0.1, 0.15) is 5.75 Å². The Hall–Kier alpha value is -2.86. The molecule has 2 aromatic rings. The predicted molar refractivity (Wildman–Crippen MR) is 112 cm³/mol. The number of nitrogens with zero attached hydrogens (tertiary/aromatic N) is 3. The minimum Gasteiger partial charge on any atom is -0.497 e. The van der Waals surface area contributed by atoms with Crippen molar-refractivity contribution in [1.29, 1.82) is 0 Å². The minimum atomic E-state index is 0.0355. The SMILES string of the molecule is COc1cccc(C(=O)N2CCN(CCC(=O)N3CCc4ccccc43)CC2)c1. The Morgan fingerprint density at radius 1 is 0.966 bits per heavy atom. The van der Waals surface area contributed by atoms with Crippen LogP contribution in [-0.2, 0) is 11.2 Å². The zero-order valence-corrected chi connectivity index (χ0v) is 16.8. The summed E-state index contributed by atoms with van der Waals surface area (Å²) < 4.78 is 5.21. The standard InChI is InChI=1S/C23H27N3O3/c1-29-20-7-4-6-19(17-20)23(28)25-15-13-24(14-16-25)11-10-22(27)26-12-9-18-5-2-3-8-21(18)26/h2-8,17H,9-16H2,1H3. The summed E-state index contributed by atoms with van der Waals surface area (Å²) >= 11 is 0. The summed E-state index contributed by atoms with van der Waals surface area (Å²) in [4.78, 5) is 31.5. The molecule has 152 valence electrons. The van der Waals surface area contributed by atoms with Crippen molar-refractivity contribution < 1.29 is 14.3 Å². The highest BCUT2D eigenvalue weighted by atomic mass is 16.5. The fraction of sp³-hybridized carbons (Fsp3) is 0.391. The third-order valence-electron chi connectivity index (χ3n) is 5.81. The number of para-hydroxylation sites is 1. The molecule has 2 amide bonds. The second-order valence-electron chi connectivity index (χ2n) is 7.54. The maximum atomic E-state index is 12.7. The molecule has 2 heterocycles. The molecule has 2 aliphatic heterocycles. The molecule has 2 aromatic carbocycles. The van der Waals surface area contributed by atoms with Gasteiger partial charge in [0, 0.05) is 56.9 Å². The number of piperazine rings is 1. The first-order chi connectivity index (χ1) is 14.2. The van der Waals surface area contributed by atoms with Crippen molar-refractivity contribution in [1.82, 2.24) is 9.80 Å². The van der Waals surface area contributed by atoms with Gasteiger partial charge in [0.05, 0.1) is 7.11 Å². The molecule has 0 N–H and O–H groups in total. The molecule has 1 fully saturated rings. The number of carbonyl (C=O) groups excluding carboxylic acids is 2. The fourth-order valence-electron chi connectivity index (χ4n) is 4.10. The summed E-state index contributed by atoms with van der Waals surface area (Å²) in [6, 6.07) is 15.4. The van der Waals surface area contributed by atoms with E-state index in [0.717, 1.165) is 38.3 Å². The maximum absolute atomic E-state index is 12.7. The van der Waals surface area contributed by atoms with Gasteiger partial charge in [0.15, 0.2) is 0 Å². The average Bonchev–Trinajstić information content (AvgIpc) is 3.21. The highest BCUT2D eigenvalue weighted by molar-refractivity contribution is 5.96. The summed E-state index contributed by atoms with van der Waals surface area (Å²) in [5.74, 6) is 0.912. The number of anilines is 1. The first-order valence-electron chi connectivity index (χ1n) is 10.2. The zero-order chi connectivity index (χ0) is 20.2. The smallest absolute Gasteiger partial charge is 0.254 e. The number of hydrogen-bond donors (Lipinski definition) is 0. The van der Waals surface area contributed by atoms with E-state index in [4.69, 9.17) is 4.74 Å². The van der Waals surface area contributed by atoms with E-state index in [1.807, 2.05) is 46.2 Å². The lowest BCUT2D eigenvalue weighted by molar-refractivity contribution is -0.118. The van der Waals surface area contributed by atoms with Crippen molar-refractivity contribution >= 4 is 17.5 Å². The van der Waals surface area contributed by atoms with Gasteiger partial charge in [-0.05, 0) is 36.2 Å². The second kappa shape index (κ2) is 8.66. The normalized spacial score (nSPS) is 16.6. The van der Waals surface area contributed by atoms with Crippen LogP contribution in [-0.4, -0.2) is 68.0 Å². The van der Waals surface area contributed by atoms with E-state index in [-0.39, 0.29) is 11.8 Å². The molecule has 0 unspecified atom stereocenters. The highest BCUT2D eigenvalue weighted by Crippen LogP contribution is 2.28. The summed E-state index contributed by atoms with van der Waals surface area (Å²) in [5, 5.41) is 0. The van der Waals surface area contributed by atoms with Gasteiger partial charge in [0.2, 0.25) is 5.91 Å². The zero-order valence-electron chi connectivity index (χ0n) is 16.8. The Kier molecular flexibility index (Phi) is 5.81. The molecule has 0 radical (unpaired) electrons. The third-order valence-corrected chi connectivity index (χ3v) is 5.81. The van der Waals surface area contributed by atoms with Gasteiger partial charge in [0.25, 0.3) is 5.91 Å². The van der Waals surface area contributed by atoms with Crippen molar-refractivity contribution in [3.8, 4) is 5.75 Å². The van der Waals surface area contributed by atoms with Crippen LogP contribution >= 0.6 is 0 Å². The van der Waals surface area contributed by atoms with E-state index < -0.39 is 0 Å². The Bertz CT molecular complexity index is 890. The van der Waals surface area contributed by atoms with Crippen LogP contribution in [0.5, 0.6) is 5.75 Å². The van der Waals surface area contributed by atoms with Crippen molar-refractivity contribution in [2.24, 2.45) is 0 Å². The largest absolute Gasteiger partial charge is 0.497 e. The molecule has 1 saturated heterocycles. The van der Waals surface area contributed by atoms with E-state index in [9.17, 15) is 9.59 Å². The lowest BCUT2D eigenvalue weighted by atomic mass is 10.1.